The molecule has 0 bridgehead atoms. The van der Waals surface area contributed by atoms with Crippen LogP contribution >= 0.6 is 34.2 Å². The number of benzene rings is 2. The first kappa shape index (κ1) is 34.1. The van der Waals surface area contributed by atoms with Gasteiger partial charge in [0.05, 0.1) is 0 Å². The molecule has 0 aliphatic carbocycles. The lowest BCUT2D eigenvalue weighted by Gasteiger charge is -2.06. The van der Waals surface area contributed by atoms with Crippen LogP contribution in [0.2, 0.25) is 0 Å². The highest BCUT2D eigenvalue weighted by molar-refractivity contribution is 8.76. The van der Waals surface area contributed by atoms with Gasteiger partial charge in [-0.25, -0.2) is 4.98 Å². The van der Waals surface area contributed by atoms with E-state index in [1.807, 2.05) is 54.6 Å². The van der Waals surface area contributed by atoms with Crippen LogP contribution in [0.15, 0.2) is 87.7 Å². The van der Waals surface area contributed by atoms with E-state index in [1.54, 1.807) is 27.8 Å². The van der Waals surface area contributed by atoms with Gasteiger partial charge in [0.15, 0.2) is 0 Å². The molecule has 3 rings (SSSR count). The summed E-state index contributed by atoms with van der Waals surface area (Å²) in [7, 11) is 6.58. The molecule has 3 nitrogen and oxygen atoms in total. The van der Waals surface area contributed by atoms with E-state index in [1.165, 1.54) is 28.2 Å². The smallest absolute Gasteiger partial charge is 0.107 e. The van der Waals surface area contributed by atoms with E-state index in [4.69, 9.17) is 10.2 Å². The van der Waals surface area contributed by atoms with Crippen molar-refractivity contribution in [2.45, 2.75) is 27.7 Å². The SMILES string of the molecule is OCCc1ccccc1S.OCCc1ccccc1SSc1ccccn1.S=S=S.S=S=S=S. The van der Waals surface area contributed by atoms with Crippen molar-refractivity contribution in [1.29, 1.82) is 0 Å². The van der Waals surface area contributed by atoms with Gasteiger partial charge in [-0.15, -0.1) is 12.6 Å². The molecule has 0 amide bonds. The normalized spacial score (nSPS) is 9.03. The number of pyridine rings is 1. The Bertz CT molecular complexity index is 1040. The summed E-state index contributed by atoms with van der Waals surface area (Å²) in [5, 5.41) is 18.6. The van der Waals surface area contributed by atoms with E-state index >= 15 is 0 Å². The monoisotopic (exact) mass is 641 g/mol. The van der Waals surface area contributed by atoms with Crippen LogP contribution in [0.3, 0.4) is 0 Å². The third kappa shape index (κ3) is 17.5. The molecule has 184 valence electrons. The summed E-state index contributed by atoms with van der Waals surface area (Å²) < 4.78 is 0. The van der Waals surface area contributed by atoms with Crippen LogP contribution in [0.1, 0.15) is 11.1 Å². The van der Waals surface area contributed by atoms with Gasteiger partial charge in [-0.05, 0) is 59.0 Å². The summed E-state index contributed by atoms with van der Waals surface area (Å²) in [4.78, 5) is 6.41. The minimum absolute atomic E-state index is 0.186. The third-order valence-corrected chi connectivity index (χ3v) is 8.64. The van der Waals surface area contributed by atoms with Crippen molar-refractivity contribution in [1.82, 2.24) is 4.98 Å². The second kappa shape index (κ2) is 24.8. The van der Waals surface area contributed by atoms with Crippen LogP contribution in [0.4, 0.5) is 0 Å². The number of rotatable bonds is 7. The summed E-state index contributed by atoms with van der Waals surface area (Å²) in [6.07, 6.45) is 3.19. The molecule has 2 N–H and O–H groups in total. The first-order chi connectivity index (χ1) is 16.6. The van der Waals surface area contributed by atoms with Gasteiger partial charge in [-0.3, -0.25) is 0 Å². The molecule has 0 aliphatic heterocycles. The summed E-state index contributed by atoms with van der Waals surface area (Å²) in [6.45, 7) is 0.378. The summed E-state index contributed by atoms with van der Waals surface area (Å²) in [5.41, 5.74) is 2.29. The van der Waals surface area contributed by atoms with Crippen molar-refractivity contribution in [3.8, 4) is 0 Å². The molecule has 0 saturated heterocycles. The Morgan fingerprint density at radius 3 is 1.76 bits per heavy atom. The van der Waals surface area contributed by atoms with E-state index in [9.17, 15) is 0 Å². The summed E-state index contributed by atoms with van der Waals surface area (Å²) in [5.74, 6) is 0. The second-order valence-electron chi connectivity index (χ2n) is 5.72. The zero-order valence-corrected chi connectivity index (χ0v) is 26.0. The molecule has 0 atom stereocenters. The average molecular weight is 642 g/mol. The van der Waals surface area contributed by atoms with Crippen LogP contribution in [0.5, 0.6) is 0 Å². The molecule has 0 spiro atoms. The zero-order chi connectivity index (χ0) is 25.4. The lowest BCUT2D eigenvalue weighted by atomic mass is 10.2. The lowest BCUT2D eigenvalue weighted by molar-refractivity contribution is 0.298. The zero-order valence-electron chi connectivity index (χ0n) is 17.7. The number of thiol groups is 1. The molecule has 1 aromatic heterocycles. The van der Waals surface area contributed by atoms with Gasteiger partial charge < -0.3 is 10.2 Å². The van der Waals surface area contributed by atoms with Crippen LogP contribution in [-0.4, -0.2) is 28.4 Å². The minimum Gasteiger partial charge on any atom is -0.396 e. The number of aromatic nitrogens is 1. The third-order valence-electron chi connectivity index (χ3n) is 3.61. The van der Waals surface area contributed by atoms with E-state index in [-0.39, 0.29) is 13.2 Å². The molecular weight excluding hydrogens is 619 g/mol. The summed E-state index contributed by atoms with van der Waals surface area (Å²) >= 11 is 21.1. The van der Waals surface area contributed by atoms with Crippen molar-refractivity contribution < 1.29 is 10.2 Å². The molecular formula is C21H23NO2S10. The van der Waals surface area contributed by atoms with Crippen LogP contribution in [0.25, 0.3) is 0 Å². The Balaban J connectivity index is 0.000000541. The first-order valence-electron chi connectivity index (χ1n) is 9.40. The van der Waals surface area contributed by atoms with Gasteiger partial charge in [0, 0.05) is 101 Å². The Morgan fingerprint density at radius 2 is 1.24 bits per heavy atom. The van der Waals surface area contributed by atoms with Crippen LogP contribution < -0.4 is 0 Å². The number of hydrogen-bond donors (Lipinski definition) is 3. The molecule has 0 fully saturated rings. The predicted octanol–water partition coefficient (Wildman–Crippen LogP) is 4.91. The number of aliphatic hydroxyl groups excluding tert-OH is 2. The highest BCUT2D eigenvalue weighted by Gasteiger charge is 2.03. The molecule has 0 saturated carbocycles. The Labute approximate surface area is 243 Å². The maximum atomic E-state index is 9.00. The maximum Gasteiger partial charge on any atom is 0.107 e. The fourth-order valence-electron chi connectivity index (χ4n) is 2.24. The molecule has 1 heterocycles. The van der Waals surface area contributed by atoms with E-state index in [2.05, 4.69) is 74.5 Å². The van der Waals surface area contributed by atoms with Crippen molar-refractivity contribution in [3.05, 3.63) is 84.1 Å². The number of hydrogen-bond acceptors (Lipinski definition) is 10. The van der Waals surface area contributed by atoms with E-state index < -0.39 is 0 Å². The Kier molecular flexibility index (Phi) is 24.9. The molecule has 0 aliphatic rings. The van der Waals surface area contributed by atoms with Gasteiger partial charge in [0.2, 0.25) is 0 Å². The fourth-order valence-corrected chi connectivity index (χ4v) is 4.64. The van der Waals surface area contributed by atoms with Crippen LogP contribution in [0, 0.1) is 0 Å². The van der Waals surface area contributed by atoms with Crippen molar-refractivity contribution in [3.63, 3.8) is 0 Å². The predicted molar refractivity (Wildman–Crippen MR) is 169 cm³/mol. The fraction of sp³-hybridized carbons (Fsp3) is 0.190. The maximum absolute atomic E-state index is 9.00. The Hall–Kier alpha value is 0.1000. The molecule has 0 radical (unpaired) electrons. The minimum atomic E-state index is 0.186. The average Bonchev–Trinajstić information content (AvgIpc) is 2.87. The van der Waals surface area contributed by atoms with E-state index in [0.717, 1.165) is 24.4 Å². The van der Waals surface area contributed by atoms with Gasteiger partial charge >= 0.3 is 0 Å². The van der Waals surface area contributed by atoms with Gasteiger partial charge in [0.1, 0.15) is 5.03 Å². The quantitative estimate of drug-likeness (QED) is 0.247. The number of nitrogens with zero attached hydrogens (tertiary/aromatic N) is 1. The molecule has 0 unspecified atom stereocenters. The topological polar surface area (TPSA) is 53.4 Å². The van der Waals surface area contributed by atoms with Gasteiger partial charge in [-0.2, -0.15) is 0 Å². The lowest BCUT2D eigenvalue weighted by Crippen LogP contribution is -1.91. The molecule has 34 heavy (non-hydrogen) atoms. The first-order valence-corrected chi connectivity index (χ1v) is 18.7. The second-order valence-corrected chi connectivity index (χ2v) is 13.7. The highest BCUT2D eigenvalue weighted by Crippen LogP contribution is 2.37. The summed E-state index contributed by atoms with van der Waals surface area (Å²) in [6, 6.07) is 21.8. The Morgan fingerprint density at radius 1 is 0.706 bits per heavy atom. The van der Waals surface area contributed by atoms with Gasteiger partial charge in [0.25, 0.3) is 0 Å². The van der Waals surface area contributed by atoms with Crippen molar-refractivity contribution in [2.75, 3.05) is 13.2 Å². The van der Waals surface area contributed by atoms with Crippen LogP contribution in [-0.2, 0) is 84.2 Å². The highest BCUT2D eigenvalue weighted by atomic mass is 33.2. The molecule has 2 aromatic carbocycles. The molecule has 3 aromatic rings. The number of aliphatic hydroxyl groups is 2. The van der Waals surface area contributed by atoms with Gasteiger partial charge in [-0.1, -0.05) is 53.3 Å². The van der Waals surface area contributed by atoms with E-state index in [0.29, 0.717) is 12.8 Å². The largest absolute Gasteiger partial charge is 0.396 e. The van der Waals surface area contributed by atoms with Crippen molar-refractivity contribution >= 4 is 106 Å². The van der Waals surface area contributed by atoms with Crippen molar-refractivity contribution in [2.24, 2.45) is 0 Å². The molecule has 13 heteroatoms. The standard InChI is InChI=1S/C13H13NOS2.C8H10OS.S4.S3/c15-10-8-11-5-1-2-6-12(11)16-17-13-7-3-4-9-14-13;9-6-5-7-3-1-2-4-8(7)10;1-3-4-2;1-3-2/h1-7,9,15H,8,10H2;1-4,9-10H,5-6H2;;.